The molecule has 4 heteroatoms. The first kappa shape index (κ1) is 15.6. The summed E-state index contributed by atoms with van der Waals surface area (Å²) >= 11 is 1.72. The Balaban J connectivity index is 1.26. The molecule has 4 aliphatic rings. The van der Waals surface area contributed by atoms with Crippen molar-refractivity contribution in [2.75, 3.05) is 20.1 Å². The van der Waals surface area contributed by atoms with E-state index in [-0.39, 0.29) is 5.91 Å². The molecule has 4 bridgehead atoms. The average Bonchev–Trinajstić information content (AvgIpc) is 2.96. The highest BCUT2D eigenvalue weighted by atomic mass is 32.1. The quantitative estimate of drug-likeness (QED) is 0.864. The van der Waals surface area contributed by atoms with Crippen molar-refractivity contribution in [3.05, 3.63) is 22.4 Å². The zero-order valence-corrected chi connectivity index (χ0v) is 14.9. The third-order valence-electron chi connectivity index (χ3n) is 6.27. The normalized spacial score (nSPS) is 35.0. The second-order valence-corrected chi connectivity index (χ2v) is 9.28. The molecule has 1 aromatic rings. The van der Waals surface area contributed by atoms with E-state index in [9.17, 15) is 4.79 Å². The van der Waals surface area contributed by atoms with Gasteiger partial charge < -0.3 is 5.32 Å². The summed E-state index contributed by atoms with van der Waals surface area (Å²) in [4.78, 5) is 14.4. The van der Waals surface area contributed by atoms with E-state index in [4.69, 9.17) is 0 Å². The Labute approximate surface area is 143 Å². The molecule has 1 N–H and O–H groups in total. The summed E-state index contributed by atoms with van der Waals surface area (Å²) in [7, 11) is 2.03. The lowest BCUT2D eigenvalue weighted by Gasteiger charge is -2.56. The summed E-state index contributed by atoms with van der Waals surface area (Å²) < 4.78 is 0. The molecule has 0 aromatic carbocycles. The molecule has 126 valence electrons. The van der Waals surface area contributed by atoms with Crippen molar-refractivity contribution in [3.63, 3.8) is 0 Å². The number of rotatable bonds is 6. The molecule has 1 heterocycles. The molecule has 0 radical (unpaired) electrons. The Morgan fingerprint density at radius 2 is 1.91 bits per heavy atom. The number of thiophene rings is 1. The molecular weight excluding hydrogens is 304 g/mol. The molecule has 5 rings (SSSR count). The third-order valence-corrected chi connectivity index (χ3v) is 7.00. The molecule has 0 spiro atoms. The smallest absolute Gasteiger partial charge is 0.234 e. The summed E-state index contributed by atoms with van der Waals surface area (Å²) in [5.41, 5.74) is 1.74. The molecular formula is C19H28N2OS. The molecule has 0 atom stereocenters. The van der Waals surface area contributed by atoms with Crippen LogP contribution in [0.3, 0.4) is 0 Å². The van der Waals surface area contributed by atoms with Crippen molar-refractivity contribution < 1.29 is 4.79 Å². The third kappa shape index (κ3) is 3.48. The van der Waals surface area contributed by atoms with Crippen LogP contribution in [0.5, 0.6) is 0 Å². The standard InChI is InChI=1S/C19H28N2OS/c1-21(10-14-2-3-23-12-14)11-18(22)20-13-19-7-15-4-16(8-19)6-17(5-15)9-19/h2-3,12,15-17H,4-11,13H2,1H3,(H,20,22). The van der Waals surface area contributed by atoms with Gasteiger partial charge in [-0.2, -0.15) is 11.3 Å². The number of likely N-dealkylation sites (N-methyl/N-ethyl adjacent to an activating group) is 1. The number of amides is 1. The van der Waals surface area contributed by atoms with E-state index in [1.54, 1.807) is 11.3 Å². The van der Waals surface area contributed by atoms with Gasteiger partial charge in [-0.25, -0.2) is 0 Å². The van der Waals surface area contributed by atoms with E-state index in [1.165, 1.54) is 44.1 Å². The molecule has 4 fully saturated rings. The van der Waals surface area contributed by atoms with Crippen molar-refractivity contribution in [1.29, 1.82) is 0 Å². The summed E-state index contributed by atoms with van der Waals surface area (Å²) in [6, 6.07) is 2.13. The van der Waals surface area contributed by atoms with Crippen LogP contribution in [0.15, 0.2) is 16.8 Å². The fourth-order valence-electron chi connectivity index (χ4n) is 5.84. The first-order valence-electron chi connectivity index (χ1n) is 9.06. The van der Waals surface area contributed by atoms with Crippen molar-refractivity contribution in [2.45, 2.75) is 45.1 Å². The molecule has 1 aromatic heterocycles. The fraction of sp³-hybridized carbons (Fsp3) is 0.737. The van der Waals surface area contributed by atoms with Gasteiger partial charge in [-0.15, -0.1) is 0 Å². The lowest BCUT2D eigenvalue weighted by atomic mass is 9.49. The van der Waals surface area contributed by atoms with Crippen LogP contribution >= 0.6 is 11.3 Å². The molecule has 23 heavy (non-hydrogen) atoms. The lowest BCUT2D eigenvalue weighted by molar-refractivity contribution is -0.124. The maximum Gasteiger partial charge on any atom is 0.234 e. The van der Waals surface area contributed by atoms with E-state index in [0.717, 1.165) is 30.8 Å². The van der Waals surface area contributed by atoms with Gasteiger partial charge in [-0.05, 0) is 91.1 Å². The minimum Gasteiger partial charge on any atom is -0.354 e. The molecule has 3 nitrogen and oxygen atoms in total. The SMILES string of the molecule is CN(CC(=O)NCC12CC3CC(CC(C3)C1)C2)Cc1ccsc1. The van der Waals surface area contributed by atoms with E-state index in [1.807, 2.05) is 7.05 Å². The highest BCUT2D eigenvalue weighted by molar-refractivity contribution is 7.07. The highest BCUT2D eigenvalue weighted by Crippen LogP contribution is 2.59. The first-order chi connectivity index (χ1) is 11.1. The molecule has 4 aliphatic carbocycles. The number of hydrogen-bond donors (Lipinski definition) is 1. The number of carbonyl (C=O) groups excluding carboxylic acids is 1. The Kier molecular flexibility index (Phi) is 4.22. The Morgan fingerprint density at radius 3 is 2.48 bits per heavy atom. The maximum absolute atomic E-state index is 12.3. The number of carbonyl (C=O) groups is 1. The number of nitrogens with zero attached hydrogens (tertiary/aromatic N) is 1. The topological polar surface area (TPSA) is 32.3 Å². The highest BCUT2D eigenvalue weighted by Gasteiger charge is 2.50. The zero-order chi connectivity index (χ0) is 15.9. The molecule has 4 saturated carbocycles. The van der Waals surface area contributed by atoms with Crippen molar-refractivity contribution in [3.8, 4) is 0 Å². The van der Waals surface area contributed by atoms with Crippen LogP contribution < -0.4 is 5.32 Å². The van der Waals surface area contributed by atoms with Crippen LogP contribution in [-0.2, 0) is 11.3 Å². The van der Waals surface area contributed by atoms with Crippen LogP contribution in [0.4, 0.5) is 0 Å². The second kappa shape index (κ2) is 6.21. The van der Waals surface area contributed by atoms with Crippen molar-refractivity contribution in [2.24, 2.45) is 23.2 Å². The van der Waals surface area contributed by atoms with Gasteiger partial charge >= 0.3 is 0 Å². The van der Waals surface area contributed by atoms with Gasteiger partial charge in [-0.1, -0.05) is 0 Å². The Hall–Kier alpha value is -0.870. The summed E-state index contributed by atoms with van der Waals surface area (Å²) in [5.74, 6) is 3.07. The van der Waals surface area contributed by atoms with E-state index < -0.39 is 0 Å². The monoisotopic (exact) mass is 332 g/mol. The molecule has 0 aliphatic heterocycles. The zero-order valence-electron chi connectivity index (χ0n) is 14.1. The lowest BCUT2D eigenvalue weighted by Crippen LogP contribution is -2.51. The number of nitrogens with one attached hydrogen (secondary N) is 1. The van der Waals surface area contributed by atoms with E-state index in [2.05, 4.69) is 27.0 Å². The van der Waals surface area contributed by atoms with Gasteiger partial charge in [-0.3, -0.25) is 9.69 Å². The first-order valence-corrected chi connectivity index (χ1v) is 10.0. The van der Waals surface area contributed by atoms with Crippen molar-refractivity contribution >= 4 is 17.2 Å². The van der Waals surface area contributed by atoms with E-state index >= 15 is 0 Å². The van der Waals surface area contributed by atoms with Gasteiger partial charge in [0.05, 0.1) is 6.54 Å². The Morgan fingerprint density at radius 1 is 1.26 bits per heavy atom. The maximum atomic E-state index is 12.3. The number of hydrogen-bond acceptors (Lipinski definition) is 3. The van der Waals surface area contributed by atoms with Crippen LogP contribution in [0.1, 0.15) is 44.1 Å². The van der Waals surface area contributed by atoms with Crippen LogP contribution in [-0.4, -0.2) is 30.9 Å². The largest absolute Gasteiger partial charge is 0.354 e. The van der Waals surface area contributed by atoms with Gasteiger partial charge in [0.25, 0.3) is 0 Å². The van der Waals surface area contributed by atoms with Crippen LogP contribution in [0.25, 0.3) is 0 Å². The molecule has 1 amide bonds. The van der Waals surface area contributed by atoms with Gasteiger partial charge in [0.15, 0.2) is 0 Å². The minimum absolute atomic E-state index is 0.193. The minimum atomic E-state index is 0.193. The van der Waals surface area contributed by atoms with Gasteiger partial charge in [0.2, 0.25) is 5.91 Å². The molecule has 0 saturated heterocycles. The molecule has 0 unspecified atom stereocenters. The fourth-order valence-corrected chi connectivity index (χ4v) is 6.50. The Bertz CT molecular complexity index is 518. The van der Waals surface area contributed by atoms with Crippen LogP contribution in [0.2, 0.25) is 0 Å². The summed E-state index contributed by atoms with van der Waals surface area (Å²) in [5, 5.41) is 7.52. The second-order valence-electron chi connectivity index (χ2n) is 8.50. The van der Waals surface area contributed by atoms with Crippen LogP contribution in [0, 0.1) is 23.2 Å². The predicted octanol–water partition coefficient (Wildman–Crippen LogP) is 3.51. The predicted molar refractivity (Wildman–Crippen MR) is 94.3 cm³/mol. The summed E-state index contributed by atoms with van der Waals surface area (Å²) in [6.45, 7) is 2.28. The van der Waals surface area contributed by atoms with Gasteiger partial charge in [0.1, 0.15) is 0 Å². The summed E-state index contributed by atoms with van der Waals surface area (Å²) in [6.07, 6.45) is 8.50. The van der Waals surface area contributed by atoms with E-state index in [0.29, 0.717) is 12.0 Å². The van der Waals surface area contributed by atoms with Gasteiger partial charge in [0, 0.05) is 13.1 Å². The van der Waals surface area contributed by atoms with Crippen molar-refractivity contribution in [1.82, 2.24) is 10.2 Å². The average molecular weight is 333 g/mol.